The average molecular weight is 343 g/mol. The second-order valence-electron chi connectivity index (χ2n) is 5.17. The van der Waals surface area contributed by atoms with Gasteiger partial charge in [0.15, 0.2) is 5.16 Å². The lowest BCUT2D eigenvalue weighted by Gasteiger charge is -2.20. The highest BCUT2D eigenvalue weighted by molar-refractivity contribution is 7.98. The van der Waals surface area contributed by atoms with Crippen molar-refractivity contribution in [2.45, 2.75) is 25.0 Å². The molecule has 0 saturated carbocycles. The highest BCUT2D eigenvalue weighted by Crippen LogP contribution is 2.24. The first-order valence-corrected chi connectivity index (χ1v) is 8.51. The average Bonchev–Trinajstić information content (AvgIpc) is 2.46. The van der Waals surface area contributed by atoms with E-state index in [1.165, 1.54) is 11.8 Å². The molecule has 0 bridgehead atoms. The zero-order valence-electron chi connectivity index (χ0n) is 12.9. The zero-order chi connectivity index (χ0) is 16.3. The molecule has 8 heteroatoms. The fourth-order valence-corrected chi connectivity index (χ4v) is 2.62. The Morgan fingerprint density at radius 2 is 2.18 bits per heavy atom. The summed E-state index contributed by atoms with van der Waals surface area (Å²) < 4.78 is 5.74. The number of aromatic nitrogens is 3. The number of pyridine rings is 1. The Morgan fingerprint density at radius 3 is 2.77 bits per heavy atom. The number of hydrogen-bond acceptors (Lipinski definition) is 6. The van der Waals surface area contributed by atoms with Crippen LogP contribution in [-0.4, -0.2) is 40.9 Å². The molecule has 0 aliphatic carbocycles. The summed E-state index contributed by atoms with van der Waals surface area (Å²) in [6.07, 6.45) is 1.84. The van der Waals surface area contributed by atoms with E-state index in [-0.39, 0.29) is 22.6 Å². The predicted octanol–water partition coefficient (Wildman–Crippen LogP) is 2.32. The van der Waals surface area contributed by atoms with E-state index in [0.717, 1.165) is 0 Å². The molecule has 0 amide bonds. The number of H-pyrrole nitrogens is 1. The van der Waals surface area contributed by atoms with Crippen LogP contribution in [0.25, 0.3) is 10.9 Å². The van der Waals surface area contributed by atoms with E-state index in [2.05, 4.69) is 34.1 Å². The SMILES string of the molecule is CN[C@H](COc1nc(Cl)cc2nc(SC)[nH]c(=O)c12)C(C)C. The van der Waals surface area contributed by atoms with Gasteiger partial charge in [0.25, 0.3) is 5.56 Å². The Labute approximate surface area is 138 Å². The van der Waals surface area contributed by atoms with E-state index in [1.807, 2.05) is 13.3 Å². The number of ether oxygens (including phenoxy) is 1. The molecular weight excluding hydrogens is 324 g/mol. The summed E-state index contributed by atoms with van der Waals surface area (Å²) >= 11 is 7.37. The van der Waals surface area contributed by atoms with Crippen LogP contribution >= 0.6 is 23.4 Å². The summed E-state index contributed by atoms with van der Waals surface area (Å²) in [6.45, 7) is 4.57. The second kappa shape index (κ2) is 7.30. The Bertz CT molecular complexity index is 720. The number of aromatic amines is 1. The van der Waals surface area contributed by atoms with Gasteiger partial charge < -0.3 is 15.0 Å². The van der Waals surface area contributed by atoms with Gasteiger partial charge in [-0.3, -0.25) is 4.79 Å². The molecule has 0 aliphatic heterocycles. The van der Waals surface area contributed by atoms with Crippen LogP contribution in [0.5, 0.6) is 5.88 Å². The quantitative estimate of drug-likeness (QED) is 0.476. The minimum Gasteiger partial charge on any atom is -0.475 e. The van der Waals surface area contributed by atoms with E-state index in [1.54, 1.807) is 6.07 Å². The molecule has 2 heterocycles. The number of fused-ring (bicyclic) bond motifs is 1. The van der Waals surface area contributed by atoms with Gasteiger partial charge >= 0.3 is 0 Å². The molecule has 0 radical (unpaired) electrons. The second-order valence-corrected chi connectivity index (χ2v) is 6.35. The van der Waals surface area contributed by atoms with Gasteiger partial charge in [0.2, 0.25) is 5.88 Å². The van der Waals surface area contributed by atoms with Gasteiger partial charge in [0, 0.05) is 12.1 Å². The summed E-state index contributed by atoms with van der Waals surface area (Å²) in [7, 11) is 1.87. The minimum atomic E-state index is -0.279. The summed E-state index contributed by atoms with van der Waals surface area (Å²) in [4.78, 5) is 23.4. The molecule has 0 unspecified atom stereocenters. The van der Waals surface area contributed by atoms with Crippen molar-refractivity contribution >= 4 is 34.3 Å². The van der Waals surface area contributed by atoms with Crippen molar-refractivity contribution in [1.29, 1.82) is 0 Å². The molecule has 0 aliphatic rings. The molecular formula is C14H19ClN4O2S. The Morgan fingerprint density at radius 1 is 1.45 bits per heavy atom. The lowest BCUT2D eigenvalue weighted by molar-refractivity contribution is 0.233. The lowest BCUT2D eigenvalue weighted by atomic mass is 10.1. The highest BCUT2D eigenvalue weighted by atomic mass is 35.5. The number of halogens is 1. The summed E-state index contributed by atoms with van der Waals surface area (Å²) in [5.74, 6) is 0.597. The Hall–Kier alpha value is -1.31. The van der Waals surface area contributed by atoms with Crippen molar-refractivity contribution in [2.75, 3.05) is 19.9 Å². The first-order valence-electron chi connectivity index (χ1n) is 6.91. The maximum absolute atomic E-state index is 12.3. The maximum atomic E-state index is 12.3. The number of rotatable bonds is 6. The molecule has 6 nitrogen and oxygen atoms in total. The van der Waals surface area contributed by atoms with E-state index < -0.39 is 0 Å². The third-order valence-electron chi connectivity index (χ3n) is 3.37. The number of nitrogens with one attached hydrogen (secondary N) is 2. The molecule has 2 aromatic rings. The molecule has 0 saturated heterocycles. The molecule has 2 rings (SSSR count). The first-order chi connectivity index (χ1) is 10.5. The third kappa shape index (κ3) is 3.71. The molecule has 0 fully saturated rings. The fourth-order valence-electron chi connectivity index (χ4n) is 2.06. The Kier molecular flexibility index (Phi) is 5.66. The van der Waals surface area contributed by atoms with Crippen LogP contribution in [0.2, 0.25) is 5.15 Å². The zero-order valence-corrected chi connectivity index (χ0v) is 14.5. The largest absolute Gasteiger partial charge is 0.475 e. The van der Waals surface area contributed by atoms with Gasteiger partial charge in [0.05, 0.1) is 5.52 Å². The molecule has 0 aromatic carbocycles. The van der Waals surface area contributed by atoms with Crippen molar-refractivity contribution in [3.63, 3.8) is 0 Å². The van der Waals surface area contributed by atoms with Gasteiger partial charge in [-0.05, 0) is 19.2 Å². The van der Waals surface area contributed by atoms with Gasteiger partial charge in [-0.25, -0.2) is 9.97 Å². The van der Waals surface area contributed by atoms with Gasteiger partial charge in [-0.15, -0.1) is 0 Å². The van der Waals surface area contributed by atoms with E-state index in [4.69, 9.17) is 16.3 Å². The summed E-state index contributed by atoms with van der Waals surface area (Å²) in [6, 6.07) is 1.71. The van der Waals surface area contributed by atoms with Gasteiger partial charge in [0.1, 0.15) is 17.1 Å². The number of nitrogens with zero attached hydrogens (tertiary/aromatic N) is 2. The molecule has 1 atom stereocenters. The summed E-state index contributed by atoms with van der Waals surface area (Å²) in [5.41, 5.74) is 0.202. The molecule has 22 heavy (non-hydrogen) atoms. The molecule has 2 aromatic heterocycles. The van der Waals surface area contributed by atoms with Crippen molar-refractivity contribution in [3.05, 3.63) is 21.6 Å². The normalized spacial score (nSPS) is 12.8. The standard InChI is InChI=1S/C14H19ClN4O2S/c1-7(2)9(16-3)6-21-13-11-8(5-10(15)18-13)17-14(22-4)19-12(11)20/h5,7,9,16H,6H2,1-4H3,(H,17,19,20)/t9-/m1/s1. The number of likely N-dealkylation sites (N-methyl/N-ethyl adjacent to an activating group) is 1. The Balaban J connectivity index is 2.43. The van der Waals surface area contributed by atoms with Crippen molar-refractivity contribution in [3.8, 4) is 5.88 Å². The predicted molar refractivity (Wildman–Crippen MR) is 90.1 cm³/mol. The van der Waals surface area contributed by atoms with E-state index >= 15 is 0 Å². The number of hydrogen-bond donors (Lipinski definition) is 2. The van der Waals surface area contributed by atoms with Crippen molar-refractivity contribution in [2.24, 2.45) is 5.92 Å². The monoisotopic (exact) mass is 342 g/mol. The third-order valence-corrected chi connectivity index (χ3v) is 4.15. The van der Waals surface area contributed by atoms with Crippen LogP contribution in [0.4, 0.5) is 0 Å². The minimum absolute atomic E-state index is 0.147. The lowest BCUT2D eigenvalue weighted by Crippen LogP contribution is -2.36. The molecule has 120 valence electrons. The highest BCUT2D eigenvalue weighted by Gasteiger charge is 2.16. The topological polar surface area (TPSA) is 79.9 Å². The van der Waals surface area contributed by atoms with Crippen LogP contribution in [-0.2, 0) is 0 Å². The van der Waals surface area contributed by atoms with Crippen molar-refractivity contribution < 1.29 is 4.74 Å². The van der Waals surface area contributed by atoms with Crippen LogP contribution in [0.15, 0.2) is 16.0 Å². The summed E-state index contributed by atoms with van der Waals surface area (Å²) in [5, 5.41) is 4.27. The molecule has 0 spiro atoms. The fraction of sp³-hybridized carbons (Fsp3) is 0.500. The molecule has 2 N–H and O–H groups in total. The van der Waals surface area contributed by atoms with E-state index in [9.17, 15) is 4.79 Å². The van der Waals surface area contributed by atoms with Gasteiger partial charge in [-0.1, -0.05) is 37.2 Å². The number of thioether (sulfide) groups is 1. The van der Waals surface area contributed by atoms with Crippen LogP contribution < -0.4 is 15.6 Å². The first kappa shape index (κ1) is 17.1. The van der Waals surface area contributed by atoms with Crippen LogP contribution in [0.1, 0.15) is 13.8 Å². The van der Waals surface area contributed by atoms with Crippen LogP contribution in [0, 0.1) is 5.92 Å². The smallest absolute Gasteiger partial charge is 0.264 e. The van der Waals surface area contributed by atoms with E-state index in [0.29, 0.717) is 28.6 Å². The van der Waals surface area contributed by atoms with Gasteiger partial charge in [-0.2, -0.15) is 0 Å². The maximum Gasteiger partial charge on any atom is 0.264 e. The van der Waals surface area contributed by atoms with Crippen LogP contribution in [0.3, 0.4) is 0 Å². The van der Waals surface area contributed by atoms with Crippen molar-refractivity contribution in [1.82, 2.24) is 20.3 Å².